The number of hydrogen-bond donors (Lipinski definition) is 2. The molecular formula is C19H32IN5O2. The van der Waals surface area contributed by atoms with E-state index < -0.39 is 0 Å². The number of hydrogen-bond acceptors (Lipinski definition) is 4. The van der Waals surface area contributed by atoms with E-state index in [2.05, 4.69) is 22.7 Å². The third-order valence-corrected chi connectivity index (χ3v) is 3.94. The van der Waals surface area contributed by atoms with E-state index in [1.54, 1.807) is 6.26 Å². The van der Waals surface area contributed by atoms with E-state index in [1.165, 1.54) is 0 Å². The van der Waals surface area contributed by atoms with E-state index in [1.807, 2.05) is 37.0 Å². The van der Waals surface area contributed by atoms with Crippen LogP contribution in [0.15, 0.2) is 34.0 Å². The SMILES string of the molecule is CCOCCCNC(=NCc1cn(C)nc1CC)NCCc1ccco1.I. The second kappa shape index (κ2) is 13.6. The zero-order valence-electron chi connectivity index (χ0n) is 16.5. The number of rotatable bonds is 11. The molecule has 0 spiro atoms. The molecule has 0 saturated heterocycles. The molecule has 2 rings (SSSR count). The standard InChI is InChI=1S/C19H31N5O2.HI/c1-4-18-16(15-24(3)23-18)14-22-19(20-10-7-12-25-5-2)21-11-9-17-8-6-13-26-17;/h6,8,13,15H,4-5,7,9-12,14H2,1-3H3,(H2,20,21,22);1H. The third-order valence-electron chi connectivity index (χ3n) is 3.94. The Kier molecular flexibility index (Phi) is 11.8. The summed E-state index contributed by atoms with van der Waals surface area (Å²) in [6.45, 7) is 7.83. The average Bonchev–Trinajstić information content (AvgIpc) is 3.28. The van der Waals surface area contributed by atoms with Gasteiger partial charge in [0.05, 0.1) is 18.5 Å². The second-order valence-electron chi connectivity index (χ2n) is 6.03. The van der Waals surface area contributed by atoms with Gasteiger partial charge >= 0.3 is 0 Å². The molecule has 2 heterocycles. The number of aromatic nitrogens is 2. The van der Waals surface area contributed by atoms with Gasteiger partial charge in [0.25, 0.3) is 0 Å². The zero-order valence-corrected chi connectivity index (χ0v) is 18.9. The van der Waals surface area contributed by atoms with E-state index >= 15 is 0 Å². The van der Waals surface area contributed by atoms with Gasteiger partial charge in [0.1, 0.15) is 5.76 Å². The molecule has 0 aliphatic heterocycles. The molecule has 152 valence electrons. The first kappa shape index (κ1) is 23.5. The number of furan rings is 1. The third kappa shape index (κ3) is 8.79. The van der Waals surface area contributed by atoms with Crippen molar-refractivity contribution in [2.45, 2.75) is 39.7 Å². The number of aryl methyl sites for hydroxylation is 2. The molecule has 0 amide bonds. The molecule has 2 aromatic heterocycles. The minimum atomic E-state index is 0. The Hall–Kier alpha value is -1.55. The first-order valence-corrected chi connectivity index (χ1v) is 9.36. The molecule has 0 aromatic carbocycles. The molecule has 0 saturated carbocycles. The van der Waals surface area contributed by atoms with Crippen molar-refractivity contribution in [2.75, 3.05) is 26.3 Å². The van der Waals surface area contributed by atoms with Crippen LogP contribution in [0.5, 0.6) is 0 Å². The summed E-state index contributed by atoms with van der Waals surface area (Å²) in [4.78, 5) is 4.72. The van der Waals surface area contributed by atoms with Crippen molar-refractivity contribution in [1.82, 2.24) is 20.4 Å². The van der Waals surface area contributed by atoms with Crippen LogP contribution < -0.4 is 10.6 Å². The van der Waals surface area contributed by atoms with Crippen LogP contribution in [-0.2, 0) is 31.2 Å². The van der Waals surface area contributed by atoms with E-state index in [0.717, 1.165) is 68.5 Å². The molecule has 0 unspecified atom stereocenters. The van der Waals surface area contributed by atoms with Crippen LogP contribution in [0.4, 0.5) is 0 Å². The molecule has 0 radical (unpaired) electrons. The van der Waals surface area contributed by atoms with Crippen molar-refractivity contribution in [2.24, 2.45) is 12.0 Å². The summed E-state index contributed by atoms with van der Waals surface area (Å²) < 4.78 is 12.6. The lowest BCUT2D eigenvalue weighted by atomic mass is 10.2. The summed E-state index contributed by atoms with van der Waals surface area (Å²) >= 11 is 0. The second-order valence-corrected chi connectivity index (χ2v) is 6.03. The van der Waals surface area contributed by atoms with Crippen molar-refractivity contribution in [3.8, 4) is 0 Å². The zero-order chi connectivity index (χ0) is 18.6. The van der Waals surface area contributed by atoms with Crippen molar-refractivity contribution in [3.05, 3.63) is 41.6 Å². The number of aliphatic imine (C=N–C) groups is 1. The molecule has 8 heteroatoms. The molecule has 7 nitrogen and oxygen atoms in total. The van der Waals surface area contributed by atoms with Crippen LogP contribution in [-0.4, -0.2) is 42.0 Å². The Balaban J connectivity index is 0.00000364. The normalized spacial score (nSPS) is 11.3. The van der Waals surface area contributed by atoms with Crippen LogP contribution in [0.25, 0.3) is 0 Å². The Morgan fingerprint density at radius 2 is 2.11 bits per heavy atom. The molecule has 2 N–H and O–H groups in total. The van der Waals surface area contributed by atoms with Crippen LogP contribution in [0, 0.1) is 0 Å². The highest BCUT2D eigenvalue weighted by molar-refractivity contribution is 14.0. The largest absolute Gasteiger partial charge is 0.469 e. The summed E-state index contributed by atoms with van der Waals surface area (Å²) in [5.41, 5.74) is 2.26. The fraction of sp³-hybridized carbons (Fsp3) is 0.579. The summed E-state index contributed by atoms with van der Waals surface area (Å²) in [7, 11) is 1.95. The first-order chi connectivity index (χ1) is 12.7. The minimum Gasteiger partial charge on any atom is -0.469 e. The summed E-state index contributed by atoms with van der Waals surface area (Å²) in [6.07, 6.45) is 6.41. The molecular weight excluding hydrogens is 457 g/mol. The molecule has 0 aliphatic rings. The van der Waals surface area contributed by atoms with Gasteiger partial charge in [-0.1, -0.05) is 6.92 Å². The van der Waals surface area contributed by atoms with Gasteiger partial charge in [0.15, 0.2) is 5.96 Å². The van der Waals surface area contributed by atoms with Crippen LogP contribution in [0.1, 0.15) is 37.3 Å². The monoisotopic (exact) mass is 489 g/mol. The molecule has 0 bridgehead atoms. The number of halogens is 1. The van der Waals surface area contributed by atoms with Gasteiger partial charge in [-0.25, -0.2) is 4.99 Å². The lowest BCUT2D eigenvalue weighted by molar-refractivity contribution is 0.145. The highest BCUT2D eigenvalue weighted by Gasteiger charge is 2.06. The summed E-state index contributed by atoms with van der Waals surface area (Å²) in [5.74, 6) is 1.77. The Labute approximate surface area is 179 Å². The predicted octanol–water partition coefficient (Wildman–Crippen LogP) is 2.90. The Morgan fingerprint density at radius 1 is 1.30 bits per heavy atom. The van der Waals surface area contributed by atoms with E-state index in [-0.39, 0.29) is 24.0 Å². The van der Waals surface area contributed by atoms with Crippen LogP contribution in [0.3, 0.4) is 0 Å². The topological polar surface area (TPSA) is 76.6 Å². The molecule has 2 aromatic rings. The van der Waals surface area contributed by atoms with Crippen molar-refractivity contribution in [3.63, 3.8) is 0 Å². The highest BCUT2D eigenvalue weighted by Crippen LogP contribution is 2.08. The fourth-order valence-corrected chi connectivity index (χ4v) is 2.64. The number of guanidine groups is 1. The lowest BCUT2D eigenvalue weighted by Gasteiger charge is -2.12. The predicted molar refractivity (Wildman–Crippen MR) is 119 cm³/mol. The molecule has 27 heavy (non-hydrogen) atoms. The lowest BCUT2D eigenvalue weighted by Crippen LogP contribution is -2.39. The molecule has 0 atom stereocenters. The average molecular weight is 489 g/mol. The van der Waals surface area contributed by atoms with Gasteiger partial charge in [-0.05, 0) is 31.9 Å². The maximum Gasteiger partial charge on any atom is 0.191 e. The van der Waals surface area contributed by atoms with E-state index in [4.69, 9.17) is 14.1 Å². The van der Waals surface area contributed by atoms with Gasteiger partial charge in [-0.2, -0.15) is 5.10 Å². The Bertz CT molecular complexity index is 655. The van der Waals surface area contributed by atoms with E-state index in [9.17, 15) is 0 Å². The smallest absolute Gasteiger partial charge is 0.191 e. The summed E-state index contributed by atoms with van der Waals surface area (Å²) in [5, 5.41) is 11.2. The van der Waals surface area contributed by atoms with Crippen molar-refractivity contribution in [1.29, 1.82) is 0 Å². The van der Waals surface area contributed by atoms with Crippen LogP contribution in [0.2, 0.25) is 0 Å². The number of nitrogens with one attached hydrogen (secondary N) is 2. The number of ether oxygens (including phenoxy) is 1. The van der Waals surface area contributed by atoms with Crippen molar-refractivity contribution < 1.29 is 9.15 Å². The molecule has 0 fully saturated rings. The fourth-order valence-electron chi connectivity index (χ4n) is 2.64. The van der Waals surface area contributed by atoms with Gasteiger partial charge in [-0.15, -0.1) is 24.0 Å². The quantitative estimate of drug-likeness (QED) is 0.220. The van der Waals surface area contributed by atoms with Gasteiger partial charge in [0.2, 0.25) is 0 Å². The van der Waals surface area contributed by atoms with Crippen LogP contribution >= 0.6 is 24.0 Å². The van der Waals surface area contributed by atoms with E-state index in [0.29, 0.717) is 6.54 Å². The minimum absolute atomic E-state index is 0. The number of nitrogens with zero attached hydrogens (tertiary/aromatic N) is 3. The van der Waals surface area contributed by atoms with Crippen molar-refractivity contribution >= 4 is 29.9 Å². The van der Waals surface area contributed by atoms with Gasteiger partial charge in [0, 0.05) is 51.5 Å². The summed E-state index contributed by atoms with van der Waals surface area (Å²) in [6, 6.07) is 3.89. The molecule has 0 aliphatic carbocycles. The Morgan fingerprint density at radius 3 is 2.81 bits per heavy atom. The maximum atomic E-state index is 5.38. The first-order valence-electron chi connectivity index (χ1n) is 9.36. The van der Waals surface area contributed by atoms with Gasteiger partial charge in [-0.3, -0.25) is 4.68 Å². The highest BCUT2D eigenvalue weighted by atomic mass is 127. The van der Waals surface area contributed by atoms with Gasteiger partial charge < -0.3 is 19.8 Å². The maximum absolute atomic E-state index is 5.38.